The van der Waals surface area contributed by atoms with Gasteiger partial charge >= 0.3 is 5.97 Å². The normalized spacial score (nSPS) is 22.8. The molecule has 6 heteroatoms. The highest BCUT2D eigenvalue weighted by molar-refractivity contribution is 7.91. The van der Waals surface area contributed by atoms with Gasteiger partial charge in [0.2, 0.25) is 0 Å². The molecular formula is C15H18O5S. The number of ether oxygens (including phenoxy) is 2. The van der Waals surface area contributed by atoms with Crippen LogP contribution in [-0.2, 0) is 32.2 Å². The van der Waals surface area contributed by atoms with Crippen molar-refractivity contribution in [2.75, 3.05) is 18.1 Å². The van der Waals surface area contributed by atoms with Crippen molar-refractivity contribution < 1.29 is 22.7 Å². The maximum atomic E-state index is 11.7. The molecule has 21 heavy (non-hydrogen) atoms. The number of carbonyl (C=O) groups excluding carboxylic acids is 1. The van der Waals surface area contributed by atoms with Gasteiger partial charge in [0.1, 0.15) is 11.9 Å². The predicted molar refractivity (Wildman–Crippen MR) is 77.1 cm³/mol. The first kappa shape index (κ1) is 14.4. The second-order valence-corrected chi connectivity index (χ2v) is 7.82. The van der Waals surface area contributed by atoms with E-state index in [2.05, 4.69) is 0 Å². The summed E-state index contributed by atoms with van der Waals surface area (Å²) in [5.74, 6) is 0.165. The second-order valence-electron chi connectivity index (χ2n) is 5.59. The van der Waals surface area contributed by atoms with Crippen molar-refractivity contribution in [2.24, 2.45) is 0 Å². The van der Waals surface area contributed by atoms with Crippen molar-refractivity contribution in [3.05, 3.63) is 29.3 Å². The Morgan fingerprint density at radius 2 is 2.05 bits per heavy atom. The van der Waals surface area contributed by atoms with Gasteiger partial charge < -0.3 is 9.47 Å². The molecule has 114 valence electrons. The van der Waals surface area contributed by atoms with Crippen LogP contribution in [0, 0.1) is 0 Å². The first-order chi connectivity index (χ1) is 10.0. The lowest BCUT2D eigenvalue weighted by atomic mass is 10.1. The van der Waals surface area contributed by atoms with E-state index in [1.54, 1.807) is 0 Å². The van der Waals surface area contributed by atoms with Crippen LogP contribution < -0.4 is 4.74 Å². The molecule has 0 radical (unpaired) electrons. The molecule has 1 aliphatic carbocycles. The second kappa shape index (κ2) is 5.67. The fraction of sp³-hybridized carbons (Fsp3) is 0.533. The van der Waals surface area contributed by atoms with Gasteiger partial charge in [0.25, 0.3) is 0 Å². The van der Waals surface area contributed by atoms with Crippen LogP contribution in [0.5, 0.6) is 5.75 Å². The smallest absolute Gasteiger partial charge is 0.344 e. The molecule has 0 aromatic heterocycles. The van der Waals surface area contributed by atoms with Crippen molar-refractivity contribution in [3.8, 4) is 5.75 Å². The van der Waals surface area contributed by atoms with E-state index >= 15 is 0 Å². The lowest BCUT2D eigenvalue weighted by Crippen LogP contribution is -2.23. The molecule has 0 saturated carbocycles. The van der Waals surface area contributed by atoms with Gasteiger partial charge in [0.05, 0.1) is 11.5 Å². The minimum atomic E-state index is -3.03. The Hall–Kier alpha value is -1.56. The average molecular weight is 310 g/mol. The zero-order valence-corrected chi connectivity index (χ0v) is 12.5. The molecular weight excluding hydrogens is 292 g/mol. The zero-order valence-electron chi connectivity index (χ0n) is 11.7. The Labute approximate surface area is 124 Å². The van der Waals surface area contributed by atoms with Crippen LogP contribution in [0.4, 0.5) is 0 Å². The van der Waals surface area contributed by atoms with Gasteiger partial charge in [0.15, 0.2) is 16.4 Å². The van der Waals surface area contributed by atoms with Crippen LogP contribution in [0.3, 0.4) is 0 Å². The summed E-state index contributed by atoms with van der Waals surface area (Å²) in [6.07, 6.45) is 3.18. The summed E-state index contributed by atoms with van der Waals surface area (Å²) in [7, 11) is -3.03. The van der Waals surface area contributed by atoms with E-state index in [1.807, 2.05) is 18.2 Å². The molecule has 2 aliphatic rings. The van der Waals surface area contributed by atoms with Gasteiger partial charge in [0, 0.05) is 0 Å². The molecule has 1 aromatic rings. The van der Waals surface area contributed by atoms with Crippen LogP contribution in [0.2, 0.25) is 0 Å². The van der Waals surface area contributed by atoms with Gasteiger partial charge in [-0.15, -0.1) is 0 Å². The van der Waals surface area contributed by atoms with E-state index in [0.29, 0.717) is 12.2 Å². The molecule has 1 aliphatic heterocycles. The van der Waals surface area contributed by atoms with Crippen molar-refractivity contribution in [1.29, 1.82) is 0 Å². The number of sulfone groups is 1. The summed E-state index contributed by atoms with van der Waals surface area (Å²) in [5.41, 5.74) is 2.63. The Kier molecular flexibility index (Phi) is 3.89. The van der Waals surface area contributed by atoms with Crippen LogP contribution in [0.25, 0.3) is 0 Å². The first-order valence-electron chi connectivity index (χ1n) is 7.16. The minimum Gasteiger partial charge on any atom is -0.482 e. The van der Waals surface area contributed by atoms with E-state index < -0.39 is 21.9 Å². The number of esters is 1. The van der Waals surface area contributed by atoms with Crippen LogP contribution >= 0.6 is 0 Å². The molecule has 1 heterocycles. The monoisotopic (exact) mass is 310 g/mol. The number of carbonyl (C=O) groups is 1. The van der Waals surface area contributed by atoms with Gasteiger partial charge in [-0.05, 0) is 48.9 Å². The Bertz CT molecular complexity index is 650. The molecule has 0 spiro atoms. The third-order valence-corrected chi connectivity index (χ3v) is 5.65. The molecule has 1 unspecified atom stereocenters. The highest BCUT2D eigenvalue weighted by Gasteiger charge is 2.30. The van der Waals surface area contributed by atoms with Gasteiger partial charge in [-0.25, -0.2) is 13.2 Å². The summed E-state index contributed by atoms with van der Waals surface area (Å²) < 4.78 is 33.1. The predicted octanol–water partition coefficient (Wildman–Crippen LogP) is 1.28. The molecule has 1 aromatic carbocycles. The third kappa shape index (κ3) is 3.56. The van der Waals surface area contributed by atoms with Crippen LogP contribution in [0.1, 0.15) is 24.0 Å². The quantitative estimate of drug-likeness (QED) is 0.784. The van der Waals surface area contributed by atoms with Crippen molar-refractivity contribution in [2.45, 2.75) is 31.8 Å². The molecule has 0 amide bonds. The molecule has 0 N–H and O–H groups in total. The summed E-state index contributed by atoms with van der Waals surface area (Å²) in [6, 6.07) is 5.86. The van der Waals surface area contributed by atoms with E-state index in [4.69, 9.17) is 9.47 Å². The SMILES string of the molecule is O=C(COc1ccc2c(c1)CCC2)OC1CCS(=O)(=O)C1. The van der Waals surface area contributed by atoms with Crippen molar-refractivity contribution in [3.63, 3.8) is 0 Å². The lowest BCUT2D eigenvalue weighted by molar-refractivity contribution is -0.150. The minimum absolute atomic E-state index is 0.0718. The molecule has 3 rings (SSSR count). The molecule has 1 atom stereocenters. The highest BCUT2D eigenvalue weighted by atomic mass is 32.2. The zero-order chi connectivity index (χ0) is 14.9. The summed E-state index contributed by atoms with van der Waals surface area (Å²) in [5, 5.41) is 0. The molecule has 1 saturated heterocycles. The van der Waals surface area contributed by atoms with Crippen LogP contribution in [-0.4, -0.2) is 38.6 Å². The van der Waals surface area contributed by atoms with E-state index in [0.717, 1.165) is 19.3 Å². The summed E-state index contributed by atoms with van der Waals surface area (Å²) in [6.45, 7) is -0.185. The summed E-state index contributed by atoms with van der Waals surface area (Å²) in [4.78, 5) is 11.7. The maximum absolute atomic E-state index is 11.7. The van der Waals surface area contributed by atoms with E-state index in [-0.39, 0.29) is 18.1 Å². The fourth-order valence-corrected chi connectivity index (χ4v) is 4.44. The van der Waals surface area contributed by atoms with E-state index in [1.165, 1.54) is 11.1 Å². The summed E-state index contributed by atoms with van der Waals surface area (Å²) >= 11 is 0. The Morgan fingerprint density at radius 1 is 1.24 bits per heavy atom. The molecule has 1 fully saturated rings. The molecule has 5 nitrogen and oxygen atoms in total. The van der Waals surface area contributed by atoms with Crippen LogP contribution in [0.15, 0.2) is 18.2 Å². The largest absolute Gasteiger partial charge is 0.482 e. The average Bonchev–Trinajstić information content (AvgIpc) is 3.02. The van der Waals surface area contributed by atoms with E-state index in [9.17, 15) is 13.2 Å². The Balaban J connectivity index is 1.50. The highest BCUT2D eigenvalue weighted by Crippen LogP contribution is 2.26. The first-order valence-corrected chi connectivity index (χ1v) is 8.98. The maximum Gasteiger partial charge on any atom is 0.344 e. The standard InChI is InChI=1S/C15H18O5S/c16-15(20-14-6-7-21(17,18)10-14)9-19-13-5-4-11-2-1-3-12(11)8-13/h4-5,8,14H,1-3,6-7,9-10H2. The van der Waals surface area contributed by atoms with Crippen molar-refractivity contribution >= 4 is 15.8 Å². The van der Waals surface area contributed by atoms with Crippen molar-refractivity contribution in [1.82, 2.24) is 0 Å². The van der Waals surface area contributed by atoms with Gasteiger partial charge in [-0.2, -0.15) is 0 Å². The number of rotatable bonds is 4. The van der Waals surface area contributed by atoms with Gasteiger partial charge in [-0.1, -0.05) is 6.07 Å². The topological polar surface area (TPSA) is 69.7 Å². The number of hydrogen-bond acceptors (Lipinski definition) is 5. The molecule has 0 bridgehead atoms. The number of aryl methyl sites for hydroxylation is 2. The third-order valence-electron chi connectivity index (χ3n) is 3.92. The Morgan fingerprint density at radius 3 is 2.81 bits per heavy atom. The number of benzene rings is 1. The lowest BCUT2D eigenvalue weighted by Gasteiger charge is -2.11. The number of hydrogen-bond donors (Lipinski definition) is 0. The fourth-order valence-electron chi connectivity index (χ4n) is 2.85. The van der Waals surface area contributed by atoms with Gasteiger partial charge in [-0.3, -0.25) is 0 Å². The number of fused-ring (bicyclic) bond motifs is 1.